The number of rotatable bonds is 3. The molecule has 0 amide bonds. The van der Waals surface area contributed by atoms with E-state index in [4.69, 9.17) is 4.42 Å². The second kappa shape index (κ2) is 5.09. The summed E-state index contributed by atoms with van der Waals surface area (Å²) in [5.41, 5.74) is 1.84. The fourth-order valence-electron chi connectivity index (χ4n) is 1.93. The highest BCUT2D eigenvalue weighted by Crippen LogP contribution is 2.30. The molecule has 1 unspecified atom stereocenters. The molecule has 0 radical (unpaired) electrons. The molecule has 5 heteroatoms. The normalized spacial score (nSPS) is 12.7. The molecule has 96 valence electrons. The van der Waals surface area contributed by atoms with Crippen molar-refractivity contribution in [2.75, 3.05) is 0 Å². The van der Waals surface area contributed by atoms with E-state index in [-0.39, 0.29) is 4.83 Å². The molecule has 0 aliphatic heterocycles. The second-order valence-electron chi connectivity index (χ2n) is 4.20. The van der Waals surface area contributed by atoms with Gasteiger partial charge in [0, 0.05) is 17.1 Å². The maximum absolute atomic E-state index is 5.73. The van der Waals surface area contributed by atoms with Crippen molar-refractivity contribution in [2.45, 2.75) is 18.2 Å². The number of hydrogen-bond acceptors (Lipinski definition) is 4. The number of pyridine rings is 1. The first-order valence-electron chi connectivity index (χ1n) is 6.11. The number of benzene rings is 1. The molecule has 0 spiro atoms. The first-order chi connectivity index (χ1) is 9.29. The number of nitrogens with zero attached hydrogens (tertiary/aromatic N) is 3. The summed E-state index contributed by atoms with van der Waals surface area (Å²) in [6.07, 6.45) is 2.66. The number of halogens is 1. The minimum atomic E-state index is 0.0989. The van der Waals surface area contributed by atoms with Gasteiger partial charge in [-0.15, -0.1) is 10.2 Å². The van der Waals surface area contributed by atoms with Gasteiger partial charge >= 0.3 is 0 Å². The first kappa shape index (κ1) is 12.3. The molecule has 0 aliphatic rings. The van der Waals surface area contributed by atoms with Gasteiger partial charge in [0.1, 0.15) is 0 Å². The Morgan fingerprint density at radius 1 is 1.21 bits per heavy atom. The molecule has 0 saturated heterocycles. The Morgan fingerprint density at radius 3 is 2.89 bits per heavy atom. The van der Waals surface area contributed by atoms with Gasteiger partial charge in [-0.05, 0) is 18.6 Å². The van der Waals surface area contributed by atoms with Crippen molar-refractivity contribution in [1.29, 1.82) is 0 Å². The third-order valence-electron chi connectivity index (χ3n) is 2.95. The molecule has 0 saturated carbocycles. The van der Waals surface area contributed by atoms with E-state index in [2.05, 4.69) is 38.0 Å². The van der Waals surface area contributed by atoms with Crippen LogP contribution in [0.5, 0.6) is 0 Å². The van der Waals surface area contributed by atoms with Crippen molar-refractivity contribution in [3.63, 3.8) is 0 Å². The Hall–Kier alpha value is -1.75. The highest BCUT2D eigenvalue weighted by molar-refractivity contribution is 9.09. The summed E-state index contributed by atoms with van der Waals surface area (Å²) in [5, 5.41) is 9.23. The number of para-hydroxylation sites is 1. The van der Waals surface area contributed by atoms with E-state index in [0.29, 0.717) is 11.8 Å². The standard InChI is InChI=1S/C14H12BrN3O/c1-2-11(15)14-18-17-13(19-14)10-7-8-16-12-6-4-3-5-9(10)12/h3-8,11H,2H2,1H3. The van der Waals surface area contributed by atoms with Crippen LogP contribution >= 0.6 is 15.9 Å². The molecule has 1 atom stereocenters. The van der Waals surface area contributed by atoms with E-state index in [1.165, 1.54) is 0 Å². The Morgan fingerprint density at radius 2 is 2.05 bits per heavy atom. The summed E-state index contributed by atoms with van der Waals surface area (Å²) in [4.78, 5) is 4.43. The number of hydrogen-bond donors (Lipinski definition) is 0. The molecule has 2 heterocycles. The summed E-state index contributed by atoms with van der Waals surface area (Å²) < 4.78 is 5.73. The van der Waals surface area contributed by atoms with Gasteiger partial charge in [-0.2, -0.15) is 0 Å². The SMILES string of the molecule is CCC(Br)c1nnc(-c2ccnc3ccccc23)o1. The van der Waals surface area contributed by atoms with E-state index in [1.54, 1.807) is 6.20 Å². The van der Waals surface area contributed by atoms with Crippen molar-refractivity contribution in [2.24, 2.45) is 0 Å². The van der Waals surface area contributed by atoms with Crippen molar-refractivity contribution in [1.82, 2.24) is 15.2 Å². The van der Waals surface area contributed by atoms with Crippen LogP contribution in [0.3, 0.4) is 0 Å². The van der Waals surface area contributed by atoms with Crippen LogP contribution in [0.15, 0.2) is 40.9 Å². The lowest BCUT2D eigenvalue weighted by Gasteiger charge is -2.01. The summed E-state index contributed by atoms with van der Waals surface area (Å²) in [6, 6.07) is 9.81. The maximum Gasteiger partial charge on any atom is 0.248 e. The molecule has 1 aromatic carbocycles. The van der Waals surface area contributed by atoms with Gasteiger partial charge in [0.05, 0.1) is 10.3 Å². The van der Waals surface area contributed by atoms with Crippen molar-refractivity contribution in [3.05, 3.63) is 42.4 Å². The Labute approximate surface area is 119 Å². The third kappa shape index (κ3) is 2.26. The number of alkyl halides is 1. The summed E-state index contributed by atoms with van der Waals surface area (Å²) in [6.45, 7) is 2.06. The Kier molecular flexibility index (Phi) is 3.29. The highest BCUT2D eigenvalue weighted by atomic mass is 79.9. The van der Waals surface area contributed by atoms with Gasteiger partial charge in [-0.25, -0.2) is 0 Å². The molecular weight excluding hydrogens is 306 g/mol. The molecule has 3 rings (SSSR count). The first-order valence-corrected chi connectivity index (χ1v) is 7.02. The number of fused-ring (bicyclic) bond motifs is 1. The average Bonchev–Trinajstić information content (AvgIpc) is 2.95. The topological polar surface area (TPSA) is 51.8 Å². The molecule has 0 bridgehead atoms. The van der Waals surface area contributed by atoms with Gasteiger partial charge in [-0.1, -0.05) is 41.1 Å². The van der Waals surface area contributed by atoms with Crippen LogP contribution in [0.4, 0.5) is 0 Å². The van der Waals surface area contributed by atoms with Crippen molar-refractivity contribution in [3.8, 4) is 11.5 Å². The molecule has 0 N–H and O–H groups in total. The lowest BCUT2D eigenvalue weighted by atomic mass is 10.1. The van der Waals surface area contributed by atoms with Crippen molar-refractivity contribution < 1.29 is 4.42 Å². The van der Waals surface area contributed by atoms with E-state index >= 15 is 0 Å². The predicted octanol–water partition coefficient (Wildman–Crippen LogP) is 4.13. The minimum Gasteiger partial charge on any atom is -0.419 e. The van der Waals surface area contributed by atoms with Gasteiger partial charge in [0.15, 0.2) is 0 Å². The van der Waals surface area contributed by atoms with Crippen LogP contribution in [0.25, 0.3) is 22.4 Å². The molecule has 0 fully saturated rings. The Bertz CT molecular complexity index is 705. The molecular formula is C14H12BrN3O. The smallest absolute Gasteiger partial charge is 0.248 e. The predicted molar refractivity (Wildman–Crippen MR) is 77.0 cm³/mol. The van der Waals surface area contributed by atoms with Crippen LogP contribution < -0.4 is 0 Å². The van der Waals surface area contributed by atoms with Crippen LogP contribution in [0.1, 0.15) is 24.1 Å². The molecule has 0 aliphatic carbocycles. The monoisotopic (exact) mass is 317 g/mol. The van der Waals surface area contributed by atoms with E-state index in [1.807, 2.05) is 30.3 Å². The van der Waals surface area contributed by atoms with Crippen LogP contribution in [0.2, 0.25) is 0 Å². The lowest BCUT2D eigenvalue weighted by Crippen LogP contribution is -1.86. The quantitative estimate of drug-likeness (QED) is 0.681. The minimum absolute atomic E-state index is 0.0989. The van der Waals surface area contributed by atoms with Crippen molar-refractivity contribution >= 4 is 26.8 Å². The number of aromatic nitrogens is 3. The molecule has 3 aromatic rings. The fourth-order valence-corrected chi connectivity index (χ4v) is 2.11. The van der Waals surface area contributed by atoms with Crippen LogP contribution in [0, 0.1) is 0 Å². The largest absolute Gasteiger partial charge is 0.419 e. The fraction of sp³-hybridized carbons (Fsp3) is 0.214. The van der Waals surface area contributed by atoms with Crippen LogP contribution in [-0.2, 0) is 0 Å². The van der Waals surface area contributed by atoms with E-state index in [9.17, 15) is 0 Å². The van der Waals surface area contributed by atoms with E-state index in [0.717, 1.165) is 22.9 Å². The zero-order chi connectivity index (χ0) is 13.2. The maximum atomic E-state index is 5.73. The van der Waals surface area contributed by atoms with Gasteiger partial charge in [0.2, 0.25) is 11.8 Å². The van der Waals surface area contributed by atoms with E-state index < -0.39 is 0 Å². The Balaban J connectivity index is 2.12. The third-order valence-corrected chi connectivity index (χ3v) is 3.99. The van der Waals surface area contributed by atoms with Crippen LogP contribution in [-0.4, -0.2) is 15.2 Å². The van der Waals surface area contributed by atoms with Gasteiger partial charge < -0.3 is 4.42 Å². The molecule has 2 aromatic heterocycles. The summed E-state index contributed by atoms with van der Waals surface area (Å²) in [5.74, 6) is 1.14. The molecule has 19 heavy (non-hydrogen) atoms. The zero-order valence-electron chi connectivity index (χ0n) is 10.4. The lowest BCUT2D eigenvalue weighted by molar-refractivity contribution is 0.501. The van der Waals surface area contributed by atoms with Gasteiger partial charge in [0.25, 0.3) is 0 Å². The zero-order valence-corrected chi connectivity index (χ0v) is 12.0. The van der Waals surface area contributed by atoms with Gasteiger partial charge in [-0.3, -0.25) is 4.98 Å². The molecule has 4 nitrogen and oxygen atoms in total. The average molecular weight is 318 g/mol. The summed E-state index contributed by atoms with van der Waals surface area (Å²) >= 11 is 3.51. The summed E-state index contributed by atoms with van der Waals surface area (Å²) in [7, 11) is 0. The second-order valence-corrected chi connectivity index (χ2v) is 5.30. The highest BCUT2D eigenvalue weighted by Gasteiger charge is 2.16.